The Morgan fingerprint density at radius 2 is 2.38 bits per heavy atom. The van der Waals surface area contributed by atoms with Gasteiger partial charge < -0.3 is 14.5 Å². The summed E-state index contributed by atoms with van der Waals surface area (Å²) in [5.41, 5.74) is 0.971. The molecule has 0 atom stereocenters. The van der Waals surface area contributed by atoms with E-state index >= 15 is 0 Å². The van der Waals surface area contributed by atoms with E-state index in [0.717, 1.165) is 29.3 Å². The molecule has 2 aromatic heterocycles. The number of amides is 2. The van der Waals surface area contributed by atoms with Gasteiger partial charge in [0.25, 0.3) is 0 Å². The summed E-state index contributed by atoms with van der Waals surface area (Å²) in [4.78, 5) is 30.8. The number of furan rings is 1. The van der Waals surface area contributed by atoms with Crippen molar-refractivity contribution in [3.05, 3.63) is 34.7 Å². The van der Waals surface area contributed by atoms with Gasteiger partial charge in [-0.05, 0) is 12.1 Å². The number of aromatic nitrogens is 1. The Bertz CT molecular complexity index is 713. The molecule has 24 heavy (non-hydrogen) atoms. The Kier molecular flexibility index (Phi) is 5.11. The third-order valence-electron chi connectivity index (χ3n) is 3.61. The van der Waals surface area contributed by atoms with Gasteiger partial charge in [0, 0.05) is 24.4 Å². The number of hydrogen-bond donors (Lipinski definition) is 2. The van der Waals surface area contributed by atoms with Crippen molar-refractivity contribution in [3.8, 4) is 0 Å². The predicted molar refractivity (Wildman–Crippen MR) is 87.7 cm³/mol. The van der Waals surface area contributed by atoms with Crippen molar-refractivity contribution < 1.29 is 18.7 Å². The molecule has 0 saturated carbocycles. The maximum atomic E-state index is 12.0. The van der Waals surface area contributed by atoms with Gasteiger partial charge in [0.05, 0.1) is 32.2 Å². The molecule has 2 aromatic rings. The number of rotatable bonds is 5. The van der Waals surface area contributed by atoms with Crippen molar-refractivity contribution in [3.63, 3.8) is 0 Å². The maximum Gasteiger partial charge on any atom is 0.413 e. The summed E-state index contributed by atoms with van der Waals surface area (Å²) in [5.74, 6) is 0.678. The van der Waals surface area contributed by atoms with Crippen LogP contribution in [-0.2, 0) is 29.0 Å². The Balaban J connectivity index is 1.51. The van der Waals surface area contributed by atoms with Crippen LogP contribution < -0.4 is 10.6 Å². The second-order valence-corrected chi connectivity index (χ2v) is 6.41. The smallest absolute Gasteiger partial charge is 0.413 e. The lowest BCUT2D eigenvalue weighted by Gasteiger charge is -2.24. The predicted octanol–water partition coefficient (Wildman–Crippen LogP) is 1.59. The Morgan fingerprint density at radius 3 is 3.12 bits per heavy atom. The van der Waals surface area contributed by atoms with E-state index in [9.17, 15) is 9.59 Å². The SMILES string of the molecule is COC(=O)Nc1nc2c(s1)CN(CC(=O)NCc1ccco1)CC2. The molecule has 0 saturated heterocycles. The second kappa shape index (κ2) is 7.45. The van der Waals surface area contributed by atoms with Crippen molar-refractivity contribution in [2.24, 2.45) is 0 Å². The van der Waals surface area contributed by atoms with Gasteiger partial charge in [-0.3, -0.25) is 15.0 Å². The molecule has 128 valence electrons. The van der Waals surface area contributed by atoms with E-state index in [-0.39, 0.29) is 5.91 Å². The van der Waals surface area contributed by atoms with Crippen LogP contribution in [0.5, 0.6) is 0 Å². The molecular formula is C15H18N4O4S. The molecule has 9 heteroatoms. The van der Waals surface area contributed by atoms with Crippen LogP contribution in [0.25, 0.3) is 0 Å². The molecule has 0 spiro atoms. The van der Waals surface area contributed by atoms with Crippen molar-refractivity contribution in [1.29, 1.82) is 0 Å². The average molecular weight is 350 g/mol. The lowest BCUT2D eigenvalue weighted by molar-refractivity contribution is -0.122. The average Bonchev–Trinajstić information content (AvgIpc) is 3.21. The molecule has 2 amide bonds. The highest BCUT2D eigenvalue weighted by molar-refractivity contribution is 7.15. The molecule has 8 nitrogen and oxygen atoms in total. The minimum Gasteiger partial charge on any atom is -0.467 e. The second-order valence-electron chi connectivity index (χ2n) is 5.32. The van der Waals surface area contributed by atoms with Crippen LogP contribution in [0.1, 0.15) is 16.3 Å². The van der Waals surface area contributed by atoms with Crippen LogP contribution in [0.3, 0.4) is 0 Å². The zero-order chi connectivity index (χ0) is 16.9. The zero-order valence-electron chi connectivity index (χ0n) is 13.2. The maximum absolute atomic E-state index is 12.0. The number of carbonyl (C=O) groups is 2. The minimum absolute atomic E-state index is 0.0488. The summed E-state index contributed by atoms with van der Waals surface area (Å²) < 4.78 is 9.75. The number of methoxy groups -OCH3 is 1. The number of anilines is 1. The third-order valence-corrected chi connectivity index (χ3v) is 4.61. The third kappa shape index (κ3) is 4.12. The molecule has 1 aliphatic rings. The van der Waals surface area contributed by atoms with E-state index in [1.165, 1.54) is 18.4 Å². The molecule has 1 aliphatic heterocycles. The molecule has 3 rings (SSSR count). The molecule has 0 fully saturated rings. The fraction of sp³-hybridized carbons (Fsp3) is 0.400. The summed E-state index contributed by atoms with van der Waals surface area (Å²) in [5, 5.41) is 5.94. The van der Waals surface area contributed by atoms with Crippen molar-refractivity contribution in [2.75, 3.05) is 25.5 Å². The summed E-state index contributed by atoms with van der Waals surface area (Å²) in [7, 11) is 1.31. The summed E-state index contributed by atoms with van der Waals surface area (Å²) in [6, 6.07) is 3.61. The topological polar surface area (TPSA) is 96.7 Å². The largest absolute Gasteiger partial charge is 0.467 e. The molecule has 0 aliphatic carbocycles. The van der Waals surface area contributed by atoms with Crippen LogP contribution in [-0.4, -0.2) is 42.1 Å². The number of nitrogens with zero attached hydrogens (tertiary/aromatic N) is 2. The van der Waals surface area contributed by atoms with E-state index in [1.54, 1.807) is 12.3 Å². The van der Waals surface area contributed by atoms with Gasteiger partial charge in [0.2, 0.25) is 5.91 Å². The molecule has 3 heterocycles. The number of nitrogens with one attached hydrogen (secondary N) is 2. The van der Waals surface area contributed by atoms with E-state index in [1.807, 2.05) is 6.07 Å². The highest BCUT2D eigenvalue weighted by Gasteiger charge is 2.22. The van der Waals surface area contributed by atoms with Crippen molar-refractivity contribution in [2.45, 2.75) is 19.5 Å². The fourth-order valence-corrected chi connectivity index (χ4v) is 3.47. The Labute approximate surface area is 142 Å². The number of carbonyl (C=O) groups excluding carboxylic acids is 2. The van der Waals surface area contributed by atoms with E-state index < -0.39 is 6.09 Å². The van der Waals surface area contributed by atoms with Gasteiger partial charge in [0.15, 0.2) is 5.13 Å². The summed E-state index contributed by atoms with van der Waals surface area (Å²) in [6.45, 7) is 2.10. The molecular weight excluding hydrogens is 332 g/mol. The molecule has 2 N–H and O–H groups in total. The highest BCUT2D eigenvalue weighted by Crippen LogP contribution is 2.28. The van der Waals surface area contributed by atoms with E-state index in [0.29, 0.717) is 24.8 Å². The molecule has 0 radical (unpaired) electrons. The number of hydrogen-bond acceptors (Lipinski definition) is 7. The first-order valence-corrected chi connectivity index (χ1v) is 8.30. The molecule has 0 unspecified atom stereocenters. The fourth-order valence-electron chi connectivity index (χ4n) is 2.43. The first-order valence-electron chi connectivity index (χ1n) is 7.49. The van der Waals surface area contributed by atoms with E-state index in [2.05, 4.69) is 25.3 Å². The van der Waals surface area contributed by atoms with E-state index in [4.69, 9.17) is 4.42 Å². The van der Waals surface area contributed by atoms with Crippen molar-refractivity contribution >= 4 is 28.5 Å². The zero-order valence-corrected chi connectivity index (χ0v) is 14.0. The first kappa shape index (κ1) is 16.5. The van der Waals surface area contributed by atoms with Crippen LogP contribution >= 0.6 is 11.3 Å². The van der Waals surface area contributed by atoms with Crippen molar-refractivity contribution in [1.82, 2.24) is 15.2 Å². The Hall–Kier alpha value is -2.39. The standard InChI is InChI=1S/C15H18N4O4S/c1-22-15(21)18-14-17-11-4-5-19(8-12(11)24-14)9-13(20)16-7-10-3-2-6-23-10/h2-3,6H,4-5,7-9H2,1H3,(H,16,20)(H,17,18,21). The summed E-state index contributed by atoms with van der Waals surface area (Å²) in [6.07, 6.45) is 1.80. The van der Waals surface area contributed by atoms with Crippen LogP contribution in [0.15, 0.2) is 22.8 Å². The van der Waals surface area contributed by atoms with Gasteiger partial charge in [-0.2, -0.15) is 0 Å². The van der Waals surface area contributed by atoms with Crippen LogP contribution in [0.2, 0.25) is 0 Å². The van der Waals surface area contributed by atoms with Gasteiger partial charge in [-0.1, -0.05) is 11.3 Å². The Morgan fingerprint density at radius 1 is 1.50 bits per heavy atom. The van der Waals surface area contributed by atoms with Gasteiger partial charge in [0.1, 0.15) is 5.76 Å². The van der Waals surface area contributed by atoms with Gasteiger partial charge >= 0.3 is 6.09 Å². The number of ether oxygens (including phenoxy) is 1. The normalized spacial score (nSPS) is 14.0. The van der Waals surface area contributed by atoms with Crippen LogP contribution in [0, 0.1) is 0 Å². The number of thiazole rings is 1. The summed E-state index contributed by atoms with van der Waals surface area (Å²) >= 11 is 1.41. The highest BCUT2D eigenvalue weighted by atomic mass is 32.1. The lowest BCUT2D eigenvalue weighted by Crippen LogP contribution is -2.39. The quantitative estimate of drug-likeness (QED) is 0.850. The minimum atomic E-state index is -0.532. The molecule has 0 bridgehead atoms. The van der Waals surface area contributed by atoms with Gasteiger partial charge in [-0.25, -0.2) is 9.78 Å². The first-order chi connectivity index (χ1) is 11.6. The number of fused-ring (bicyclic) bond motifs is 1. The monoisotopic (exact) mass is 350 g/mol. The molecule has 0 aromatic carbocycles. The van der Waals surface area contributed by atoms with Crippen LogP contribution in [0.4, 0.5) is 9.93 Å². The van der Waals surface area contributed by atoms with Gasteiger partial charge in [-0.15, -0.1) is 0 Å². The lowest BCUT2D eigenvalue weighted by atomic mass is 10.2.